The summed E-state index contributed by atoms with van der Waals surface area (Å²) < 4.78 is 20.7. The fourth-order valence-electron chi connectivity index (χ4n) is 5.83. The van der Waals surface area contributed by atoms with Crippen LogP contribution in [0.25, 0.3) is 55.8 Å². The topological polar surface area (TPSA) is 98.8 Å². The van der Waals surface area contributed by atoms with E-state index in [9.17, 15) is 4.39 Å². The first-order chi connectivity index (χ1) is 21.0. The Morgan fingerprint density at radius 2 is 1.86 bits per heavy atom. The van der Waals surface area contributed by atoms with Crippen molar-refractivity contribution >= 4 is 22.1 Å². The number of hydrogen-bond donors (Lipinski definition) is 2. The number of H-pyrrole nitrogens is 2. The van der Waals surface area contributed by atoms with E-state index in [-0.39, 0.29) is 5.82 Å². The molecule has 0 spiro atoms. The molecule has 7 rings (SSSR count). The van der Waals surface area contributed by atoms with Crippen molar-refractivity contribution in [2.24, 2.45) is 0 Å². The number of likely N-dealkylation sites (tertiary alicyclic amines) is 1. The third kappa shape index (κ3) is 5.71. The lowest BCUT2D eigenvalue weighted by atomic mass is 10.0. The molecule has 0 radical (unpaired) electrons. The lowest BCUT2D eigenvalue weighted by Gasteiger charge is -2.15. The number of aromatic amines is 2. The highest BCUT2D eigenvalue weighted by molar-refractivity contribution is 5.97. The predicted octanol–water partition coefficient (Wildman–Crippen LogP) is 5.91. The summed E-state index contributed by atoms with van der Waals surface area (Å²) >= 11 is 0. The van der Waals surface area contributed by atoms with Crippen LogP contribution in [0.4, 0.5) is 4.39 Å². The Morgan fingerprint density at radius 1 is 0.977 bits per heavy atom. The molecule has 218 valence electrons. The molecule has 0 unspecified atom stereocenters. The van der Waals surface area contributed by atoms with Crippen molar-refractivity contribution in [3.8, 4) is 39.5 Å². The van der Waals surface area contributed by atoms with Gasteiger partial charge in [-0.3, -0.25) is 15.0 Å². The number of imidazole rings is 1. The van der Waals surface area contributed by atoms with Gasteiger partial charge in [0.2, 0.25) is 0 Å². The molecule has 43 heavy (non-hydrogen) atoms. The molecule has 0 amide bonds. The van der Waals surface area contributed by atoms with Gasteiger partial charge in [0.15, 0.2) is 11.5 Å². The van der Waals surface area contributed by atoms with E-state index in [1.165, 1.54) is 25.0 Å². The Kier molecular flexibility index (Phi) is 7.30. The van der Waals surface area contributed by atoms with Gasteiger partial charge in [0.05, 0.1) is 5.52 Å². The summed E-state index contributed by atoms with van der Waals surface area (Å²) in [5, 5.41) is 8.65. The molecule has 0 aliphatic carbocycles. The summed E-state index contributed by atoms with van der Waals surface area (Å²) in [6, 6.07) is 15.0. The zero-order valence-electron chi connectivity index (χ0n) is 24.3. The van der Waals surface area contributed by atoms with Crippen molar-refractivity contribution in [2.45, 2.75) is 19.4 Å². The maximum absolute atomic E-state index is 14.8. The van der Waals surface area contributed by atoms with Gasteiger partial charge in [-0.2, -0.15) is 5.10 Å². The van der Waals surface area contributed by atoms with Crippen LogP contribution in [-0.2, 0) is 6.54 Å². The van der Waals surface area contributed by atoms with Crippen LogP contribution in [0.3, 0.4) is 0 Å². The molecule has 1 aliphatic heterocycles. The van der Waals surface area contributed by atoms with E-state index >= 15 is 0 Å². The Bertz CT molecular complexity index is 1910. The van der Waals surface area contributed by atoms with Crippen LogP contribution in [0, 0.1) is 5.82 Å². The number of aromatic nitrogens is 6. The Morgan fingerprint density at radius 3 is 2.72 bits per heavy atom. The molecule has 0 saturated carbocycles. The van der Waals surface area contributed by atoms with Crippen molar-refractivity contribution in [1.82, 2.24) is 39.9 Å². The van der Waals surface area contributed by atoms with E-state index in [2.05, 4.69) is 53.1 Å². The van der Waals surface area contributed by atoms with E-state index in [1.807, 2.05) is 44.7 Å². The van der Waals surface area contributed by atoms with Gasteiger partial charge < -0.3 is 14.6 Å². The molecule has 1 saturated heterocycles. The quantitative estimate of drug-likeness (QED) is 0.221. The second-order valence-corrected chi connectivity index (χ2v) is 11.4. The highest BCUT2D eigenvalue weighted by atomic mass is 19.1. The number of nitrogens with zero attached hydrogens (tertiary/aromatic N) is 6. The minimum Gasteiger partial charge on any atom is -0.492 e. The maximum atomic E-state index is 14.8. The second-order valence-electron chi connectivity index (χ2n) is 11.4. The zero-order valence-corrected chi connectivity index (χ0v) is 24.3. The van der Waals surface area contributed by atoms with Gasteiger partial charge in [-0.25, -0.2) is 14.4 Å². The Labute approximate surface area is 248 Å². The minimum atomic E-state index is -0.357. The largest absolute Gasteiger partial charge is 0.492 e. The summed E-state index contributed by atoms with van der Waals surface area (Å²) in [5.41, 5.74) is 7.47. The number of pyridine rings is 2. The van der Waals surface area contributed by atoms with E-state index < -0.39 is 0 Å². The van der Waals surface area contributed by atoms with Crippen LogP contribution in [-0.4, -0.2) is 80.3 Å². The molecular formula is C33H33FN8O. The van der Waals surface area contributed by atoms with E-state index in [4.69, 9.17) is 9.72 Å². The summed E-state index contributed by atoms with van der Waals surface area (Å²) in [7, 11) is 4.09. The number of fused-ring (bicyclic) bond motifs is 2. The van der Waals surface area contributed by atoms with Crippen molar-refractivity contribution in [2.75, 3.05) is 40.3 Å². The number of halogens is 1. The average molecular weight is 577 g/mol. The number of rotatable bonds is 9. The van der Waals surface area contributed by atoms with E-state index in [0.29, 0.717) is 40.6 Å². The van der Waals surface area contributed by atoms with Gasteiger partial charge >= 0.3 is 0 Å². The molecule has 9 nitrogen and oxygen atoms in total. The van der Waals surface area contributed by atoms with E-state index in [0.717, 1.165) is 59.3 Å². The molecule has 0 atom stereocenters. The SMILES string of the molecule is CN(C)Cc1cncc(-c2ccc3[nH]nc(-c4nc5c(-c6cc(F)cc(OCCN7CCCC7)c6)ccnc5[nH]4)c3c2)c1. The molecule has 5 heterocycles. The average Bonchev–Trinajstić information content (AvgIpc) is 3.76. The van der Waals surface area contributed by atoms with Crippen molar-refractivity contribution in [1.29, 1.82) is 0 Å². The van der Waals surface area contributed by atoms with Gasteiger partial charge in [0, 0.05) is 54.3 Å². The number of ether oxygens (including phenoxy) is 1. The normalized spacial score (nSPS) is 14.0. The minimum absolute atomic E-state index is 0.357. The molecule has 10 heteroatoms. The van der Waals surface area contributed by atoms with Crippen LogP contribution in [0.1, 0.15) is 18.4 Å². The number of nitrogens with one attached hydrogen (secondary N) is 2. The van der Waals surface area contributed by atoms with Gasteiger partial charge in [0.1, 0.15) is 29.4 Å². The Hall–Kier alpha value is -4.67. The molecule has 1 fully saturated rings. The van der Waals surface area contributed by atoms with Gasteiger partial charge in [0.25, 0.3) is 0 Å². The molecule has 0 bridgehead atoms. The summed E-state index contributed by atoms with van der Waals surface area (Å²) in [4.78, 5) is 21.7. The summed E-state index contributed by atoms with van der Waals surface area (Å²) in [5.74, 6) is 0.727. The van der Waals surface area contributed by atoms with E-state index in [1.54, 1.807) is 6.20 Å². The predicted molar refractivity (Wildman–Crippen MR) is 166 cm³/mol. The molecular weight excluding hydrogens is 543 g/mol. The first kappa shape index (κ1) is 27.2. The van der Waals surface area contributed by atoms with Crippen LogP contribution >= 0.6 is 0 Å². The molecule has 4 aromatic heterocycles. The van der Waals surface area contributed by atoms with Crippen molar-refractivity contribution in [3.05, 3.63) is 78.5 Å². The molecule has 1 aliphatic rings. The van der Waals surface area contributed by atoms with Crippen LogP contribution in [0.15, 0.2) is 67.1 Å². The summed E-state index contributed by atoms with van der Waals surface area (Å²) in [6.07, 6.45) is 7.93. The van der Waals surface area contributed by atoms with Crippen LogP contribution in [0.5, 0.6) is 5.75 Å². The third-order valence-corrected chi connectivity index (χ3v) is 7.86. The zero-order chi connectivity index (χ0) is 29.3. The van der Waals surface area contributed by atoms with Gasteiger partial charge in [-0.05, 0) is 93.1 Å². The monoisotopic (exact) mass is 576 g/mol. The molecule has 6 aromatic rings. The highest BCUT2D eigenvalue weighted by Crippen LogP contribution is 2.34. The van der Waals surface area contributed by atoms with Crippen LogP contribution in [0.2, 0.25) is 0 Å². The second kappa shape index (κ2) is 11.5. The number of hydrogen-bond acceptors (Lipinski definition) is 7. The van der Waals surface area contributed by atoms with Gasteiger partial charge in [-0.1, -0.05) is 6.07 Å². The standard InChI is InChI=1S/C33H33FN8O/c1-41(2)20-21-13-24(19-35-18-21)22-5-6-29-28(16-22)31(40-39-29)33-37-30-27(7-8-36-32(30)38-33)23-14-25(34)17-26(15-23)43-12-11-42-9-3-4-10-42/h5-8,13-19H,3-4,9-12,20H2,1-2H3,(H,39,40)(H,36,37,38). The first-order valence-corrected chi connectivity index (χ1v) is 14.6. The van der Waals surface area contributed by atoms with Crippen LogP contribution < -0.4 is 4.74 Å². The lowest BCUT2D eigenvalue weighted by Crippen LogP contribution is -2.25. The lowest BCUT2D eigenvalue weighted by molar-refractivity contribution is 0.237. The number of benzene rings is 2. The molecule has 2 N–H and O–H groups in total. The van der Waals surface area contributed by atoms with Gasteiger partial charge in [-0.15, -0.1) is 0 Å². The highest BCUT2D eigenvalue weighted by Gasteiger charge is 2.18. The first-order valence-electron chi connectivity index (χ1n) is 14.6. The third-order valence-electron chi connectivity index (χ3n) is 7.86. The Balaban J connectivity index is 1.21. The maximum Gasteiger partial charge on any atom is 0.160 e. The fraction of sp³-hybridized carbons (Fsp3) is 0.273. The molecule has 2 aromatic carbocycles. The van der Waals surface area contributed by atoms with Crippen molar-refractivity contribution in [3.63, 3.8) is 0 Å². The fourth-order valence-corrected chi connectivity index (χ4v) is 5.83. The summed E-state index contributed by atoms with van der Waals surface area (Å²) in [6.45, 7) is 4.37. The smallest absolute Gasteiger partial charge is 0.160 e. The van der Waals surface area contributed by atoms with Crippen molar-refractivity contribution < 1.29 is 9.13 Å².